The summed E-state index contributed by atoms with van der Waals surface area (Å²) in [6, 6.07) is 7.36. The Morgan fingerprint density at radius 2 is 1.93 bits per heavy atom. The number of rotatable bonds is 7. The lowest BCUT2D eigenvalue weighted by atomic mass is 10.1. The normalized spacial score (nSPS) is 10.9. The Morgan fingerprint density at radius 1 is 1.17 bits per heavy atom. The highest BCUT2D eigenvalue weighted by Gasteiger charge is 2.22. The zero-order valence-corrected chi connectivity index (χ0v) is 16.2. The lowest BCUT2D eigenvalue weighted by molar-refractivity contribution is 0.0688. The number of nitrogens with one attached hydrogen (secondary N) is 1. The number of halogens is 5. The summed E-state index contributed by atoms with van der Waals surface area (Å²) in [4.78, 5) is 11.5. The van der Waals surface area contributed by atoms with Gasteiger partial charge >= 0.3 is 5.97 Å². The van der Waals surface area contributed by atoms with Gasteiger partial charge in [-0.2, -0.15) is 5.10 Å². The summed E-state index contributed by atoms with van der Waals surface area (Å²) in [5, 5.41) is 16.0. The molecule has 0 unspecified atom stereocenters. The number of benzene rings is 2. The van der Waals surface area contributed by atoms with Gasteiger partial charge in [-0.05, 0) is 36.8 Å². The molecule has 5 nitrogen and oxygen atoms in total. The standard InChI is InChI=1S/C19H14Cl2F3N3O2/c20-13-2-1-3-15(16(13)24)25-7-6-12-17(19(28)29)26-27(18(12)21)9-10-8-11(22)4-5-14(10)23/h1-5,8,25H,6-7,9H2,(H,28,29). The fraction of sp³-hybridized carbons (Fsp3) is 0.158. The minimum Gasteiger partial charge on any atom is -0.476 e. The van der Waals surface area contributed by atoms with Gasteiger partial charge in [0, 0.05) is 17.7 Å². The van der Waals surface area contributed by atoms with E-state index in [2.05, 4.69) is 10.4 Å². The van der Waals surface area contributed by atoms with Crippen molar-refractivity contribution in [1.82, 2.24) is 9.78 Å². The summed E-state index contributed by atoms with van der Waals surface area (Å²) < 4.78 is 42.3. The number of carboxylic acids is 1. The number of hydrogen-bond acceptors (Lipinski definition) is 3. The molecule has 2 aromatic carbocycles. The van der Waals surface area contributed by atoms with Crippen molar-refractivity contribution in [3.63, 3.8) is 0 Å². The highest BCUT2D eigenvalue weighted by atomic mass is 35.5. The Labute approximate surface area is 173 Å². The minimum atomic E-state index is -1.32. The summed E-state index contributed by atoms with van der Waals surface area (Å²) >= 11 is 12.0. The Hall–Kier alpha value is -2.71. The molecule has 0 aliphatic carbocycles. The molecule has 29 heavy (non-hydrogen) atoms. The first-order valence-electron chi connectivity index (χ1n) is 8.38. The smallest absolute Gasteiger partial charge is 0.356 e. The van der Waals surface area contributed by atoms with Crippen LogP contribution in [0.25, 0.3) is 0 Å². The van der Waals surface area contributed by atoms with Crippen molar-refractivity contribution in [3.8, 4) is 0 Å². The third-order valence-electron chi connectivity index (χ3n) is 4.15. The third-order valence-corrected chi connectivity index (χ3v) is 4.87. The zero-order valence-electron chi connectivity index (χ0n) is 14.7. The van der Waals surface area contributed by atoms with E-state index >= 15 is 0 Å². The molecule has 0 aliphatic heterocycles. The van der Waals surface area contributed by atoms with Crippen LogP contribution < -0.4 is 5.32 Å². The van der Waals surface area contributed by atoms with Crippen molar-refractivity contribution >= 4 is 34.9 Å². The summed E-state index contributed by atoms with van der Waals surface area (Å²) in [5.74, 6) is -3.27. The van der Waals surface area contributed by atoms with Crippen LogP contribution in [0.5, 0.6) is 0 Å². The van der Waals surface area contributed by atoms with E-state index in [-0.39, 0.29) is 52.2 Å². The fourth-order valence-electron chi connectivity index (χ4n) is 2.76. The van der Waals surface area contributed by atoms with E-state index in [4.69, 9.17) is 23.2 Å². The van der Waals surface area contributed by atoms with Gasteiger partial charge in [-0.3, -0.25) is 0 Å². The molecule has 10 heteroatoms. The second-order valence-corrected chi connectivity index (χ2v) is 6.86. The number of hydrogen-bond donors (Lipinski definition) is 2. The molecule has 1 heterocycles. The van der Waals surface area contributed by atoms with Crippen molar-refractivity contribution in [2.24, 2.45) is 0 Å². The Morgan fingerprint density at radius 3 is 2.66 bits per heavy atom. The van der Waals surface area contributed by atoms with Crippen molar-refractivity contribution < 1.29 is 23.1 Å². The van der Waals surface area contributed by atoms with Crippen LogP contribution in [0.1, 0.15) is 21.6 Å². The first-order chi connectivity index (χ1) is 13.8. The second kappa shape index (κ2) is 8.75. The summed E-state index contributed by atoms with van der Waals surface area (Å²) in [6.45, 7) is -0.115. The molecule has 152 valence electrons. The Balaban J connectivity index is 1.82. The molecule has 0 saturated heterocycles. The van der Waals surface area contributed by atoms with Crippen LogP contribution in [0.2, 0.25) is 10.2 Å². The maximum absolute atomic E-state index is 13.9. The van der Waals surface area contributed by atoms with Crippen LogP contribution in [0.3, 0.4) is 0 Å². The lowest BCUT2D eigenvalue weighted by Crippen LogP contribution is -2.09. The minimum absolute atomic E-state index is 0.0283. The first-order valence-corrected chi connectivity index (χ1v) is 9.13. The molecule has 0 bridgehead atoms. The van der Waals surface area contributed by atoms with E-state index in [1.165, 1.54) is 12.1 Å². The van der Waals surface area contributed by atoms with Gasteiger partial charge in [0.2, 0.25) is 0 Å². The molecular weight excluding hydrogens is 430 g/mol. The average molecular weight is 444 g/mol. The van der Waals surface area contributed by atoms with E-state index in [0.29, 0.717) is 0 Å². The van der Waals surface area contributed by atoms with Crippen molar-refractivity contribution in [3.05, 3.63) is 80.8 Å². The quantitative estimate of drug-likeness (QED) is 0.538. The van der Waals surface area contributed by atoms with E-state index < -0.39 is 23.4 Å². The number of aromatic nitrogens is 2. The monoisotopic (exact) mass is 443 g/mol. The van der Waals surface area contributed by atoms with E-state index in [9.17, 15) is 23.1 Å². The van der Waals surface area contributed by atoms with Crippen molar-refractivity contribution in [2.75, 3.05) is 11.9 Å². The largest absolute Gasteiger partial charge is 0.476 e. The molecule has 0 aliphatic rings. The zero-order chi connectivity index (χ0) is 21.1. The Kier molecular flexibility index (Phi) is 6.34. The maximum atomic E-state index is 13.9. The van der Waals surface area contributed by atoms with E-state index in [1.807, 2.05) is 0 Å². The maximum Gasteiger partial charge on any atom is 0.356 e. The molecule has 3 aromatic rings. The van der Waals surface area contributed by atoms with Gasteiger partial charge in [-0.1, -0.05) is 29.3 Å². The Bertz CT molecular complexity index is 1070. The van der Waals surface area contributed by atoms with Gasteiger partial charge in [0.15, 0.2) is 11.5 Å². The molecule has 2 N–H and O–H groups in total. The summed E-state index contributed by atoms with van der Waals surface area (Å²) in [5.41, 5.74) is -0.0113. The van der Waals surface area contributed by atoms with Crippen LogP contribution in [0, 0.1) is 17.5 Å². The van der Waals surface area contributed by atoms with Crippen LogP contribution in [0.4, 0.5) is 18.9 Å². The lowest BCUT2D eigenvalue weighted by Gasteiger charge is -2.09. The molecule has 0 atom stereocenters. The van der Waals surface area contributed by atoms with Crippen LogP contribution in [0.15, 0.2) is 36.4 Å². The van der Waals surface area contributed by atoms with Gasteiger partial charge < -0.3 is 10.4 Å². The highest BCUT2D eigenvalue weighted by molar-refractivity contribution is 6.31. The SMILES string of the molecule is O=C(O)c1nn(Cc2cc(F)ccc2F)c(Cl)c1CCNc1cccc(Cl)c1F. The van der Waals surface area contributed by atoms with Gasteiger partial charge in [0.25, 0.3) is 0 Å². The molecule has 1 aromatic heterocycles. The third kappa shape index (κ3) is 4.65. The van der Waals surface area contributed by atoms with Crippen molar-refractivity contribution in [1.29, 1.82) is 0 Å². The second-order valence-electron chi connectivity index (χ2n) is 6.09. The predicted octanol–water partition coefficient (Wildman–Crippen LogP) is 5.01. The number of anilines is 1. The van der Waals surface area contributed by atoms with E-state index in [0.717, 1.165) is 22.9 Å². The van der Waals surface area contributed by atoms with Gasteiger partial charge in [0.1, 0.15) is 16.8 Å². The van der Waals surface area contributed by atoms with Crippen LogP contribution in [-0.2, 0) is 13.0 Å². The predicted molar refractivity (Wildman–Crippen MR) is 103 cm³/mol. The van der Waals surface area contributed by atoms with E-state index in [1.54, 1.807) is 6.07 Å². The van der Waals surface area contributed by atoms with Crippen LogP contribution in [-0.4, -0.2) is 27.4 Å². The summed E-state index contributed by atoms with van der Waals surface area (Å²) in [6.07, 6.45) is 0.0953. The summed E-state index contributed by atoms with van der Waals surface area (Å²) in [7, 11) is 0. The van der Waals surface area contributed by atoms with Gasteiger partial charge in [-0.15, -0.1) is 0 Å². The van der Waals surface area contributed by atoms with Crippen molar-refractivity contribution in [2.45, 2.75) is 13.0 Å². The number of carbonyl (C=O) groups is 1. The number of carboxylic acid groups (broad SMARTS) is 1. The average Bonchev–Trinajstić information content (AvgIpc) is 2.98. The molecule has 0 spiro atoms. The molecule has 3 rings (SSSR count). The highest BCUT2D eigenvalue weighted by Crippen LogP contribution is 2.25. The van der Waals surface area contributed by atoms with Gasteiger partial charge in [0.05, 0.1) is 17.3 Å². The molecule has 0 fully saturated rings. The number of nitrogens with zero attached hydrogens (tertiary/aromatic N) is 2. The van der Waals surface area contributed by atoms with Crippen LogP contribution >= 0.6 is 23.2 Å². The van der Waals surface area contributed by atoms with Gasteiger partial charge in [-0.25, -0.2) is 22.6 Å². The molecule has 0 amide bonds. The molecule has 0 saturated carbocycles. The molecular formula is C19H14Cl2F3N3O2. The fourth-order valence-corrected chi connectivity index (χ4v) is 3.22. The molecule has 0 radical (unpaired) electrons. The topological polar surface area (TPSA) is 67.1 Å². The number of aromatic carboxylic acids is 1. The first kappa shape index (κ1) is 21.0.